The molecule has 1 aromatic rings. The highest BCUT2D eigenvalue weighted by Crippen LogP contribution is 1.87. The SMILES string of the molecule is C=C(N)C(=O)On1cccc1. The van der Waals surface area contributed by atoms with Crippen LogP contribution in [0.15, 0.2) is 36.8 Å². The first kappa shape index (κ1) is 7.40. The van der Waals surface area contributed by atoms with Gasteiger partial charge in [0.2, 0.25) is 0 Å². The number of rotatable bonds is 2. The van der Waals surface area contributed by atoms with Crippen LogP contribution in [0.5, 0.6) is 0 Å². The Bertz CT molecular complexity index is 264. The van der Waals surface area contributed by atoms with Gasteiger partial charge in [0.1, 0.15) is 5.70 Å². The molecular weight excluding hydrogens is 144 g/mol. The lowest BCUT2D eigenvalue weighted by Crippen LogP contribution is -2.23. The van der Waals surface area contributed by atoms with E-state index >= 15 is 0 Å². The second kappa shape index (κ2) is 2.92. The number of hydrogen-bond acceptors (Lipinski definition) is 3. The Morgan fingerprint density at radius 2 is 2.00 bits per heavy atom. The van der Waals surface area contributed by atoms with Gasteiger partial charge < -0.3 is 10.6 Å². The van der Waals surface area contributed by atoms with Crippen LogP contribution in [0.3, 0.4) is 0 Å². The smallest absolute Gasteiger partial charge is 0.378 e. The predicted molar refractivity (Wildman–Crippen MR) is 39.3 cm³/mol. The fourth-order valence-electron chi connectivity index (χ4n) is 0.534. The second-order valence-corrected chi connectivity index (χ2v) is 1.95. The van der Waals surface area contributed by atoms with Crippen molar-refractivity contribution in [2.75, 3.05) is 0 Å². The molecule has 0 saturated heterocycles. The van der Waals surface area contributed by atoms with Gasteiger partial charge in [0.05, 0.1) is 0 Å². The summed E-state index contributed by atoms with van der Waals surface area (Å²) in [5, 5.41) is 0. The minimum atomic E-state index is -0.638. The molecule has 0 aliphatic heterocycles. The van der Waals surface area contributed by atoms with E-state index < -0.39 is 5.97 Å². The Labute approximate surface area is 63.8 Å². The lowest BCUT2D eigenvalue weighted by atomic mass is 10.5. The van der Waals surface area contributed by atoms with E-state index in [0.717, 1.165) is 0 Å². The van der Waals surface area contributed by atoms with E-state index in [4.69, 9.17) is 5.73 Å². The quantitative estimate of drug-likeness (QED) is 0.603. The zero-order valence-electron chi connectivity index (χ0n) is 5.86. The molecule has 0 radical (unpaired) electrons. The molecule has 1 aromatic heterocycles. The fraction of sp³-hybridized carbons (Fsp3) is 0. The lowest BCUT2D eigenvalue weighted by Gasteiger charge is -2.01. The summed E-state index contributed by atoms with van der Waals surface area (Å²) in [5.41, 5.74) is 4.96. The highest BCUT2D eigenvalue weighted by Gasteiger charge is 2.03. The molecule has 0 unspecified atom stereocenters. The summed E-state index contributed by atoms with van der Waals surface area (Å²) in [6.07, 6.45) is 3.17. The summed E-state index contributed by atoms with van der Waals surface area (Å²) in [7, 11) is 0. The average Bonchev–Trinajstić information content (AvgIpc) is 2.39. The van der Waals surface area contributed by atoms with Gasteiger partial charge in [0.15, 0.2) is 0 Å². The summed E-state index contributed by atoms with van der Waals surface area (Å²) in [5.74, 6) is -0.638. The van der Waals surface area contributed by atoms with Crippen LogP contribution in [0, 0.1) is 0 Å². The molecule has 0 fully saturated rings. The summed E-state index contributed by atoms with van der Waals surface area (Å²) in [6, 6.07) is 3.46. The van der Waals surface area contributed by atoms with Crippen molar-refractivity contribution in [1.29, 1.82) is 0 Å². The normalized spacial score (nSPS) is 9.09. The van der Waals surface area contributed by atoms with E-state index in [-0.39, 0.29) is 5.70 Å². The van der Waals surface area contributed by atoms with Gasteiger partial charge in [-0.15, -0.1) is 0 Å². The van der Waals surface area contributed by atoms with Crippen molar-refractivity contribution in [3.05, 3.63) is 36.8 Å². The standard InChI is InChI=1S/C7H8N2O2/c1-6(8)7(10)11-9-4-2-3-5-9/h2-5H,1,8H2. The molecule has 0 spiro atoms. The third kappa shape index (κ3) is 1.86. The van der Waals surface area contributed by atoms with Crippen LogP contribution in [-0.2, 0) is 4.79 Å². The van der Waals surface area contributed by atoms with Crippen LogP contribution < -0.4 is 10.6 Å². The van der Waals surface area contributed by atoms with Crippen molar-refractivity contribution in [3.8, 4) is 0 Å². The molecule has 1 rings (SSSR count). The van der Waals surface area contributed by atoms with Gasteiger partial charge in [0.25, 0.3) is 0 Å². The number of carbonyl (C=O) groups excluding carboxylic acids is 1. The van der Waals surface area contributed by atoms with Gasteiger partial charge in [-0.25, -0.2) is 4.79 Å². The molecule has 4 nitrogen and oxygen atoms in total. The molecule has 0 bridgehead atoms. The molecule has 0 amide bonds. The van der Waals surface area contributed by atoms with Crippen LogP contribution in [0.2, 0.25) is 0 Å². The van der Waals surface area contributed by atoms with Crippen molar-refractivity contribution in [2.45, 2.75) is 0 Å². The van der Waals surface area contributed by atoms with Crippen molar-refractivity contribution >= 4 is 5.97 Å². The van der Waals surface area contributed by atoms with Gasteiger partial charge >= 0.3 is 5.97 Å². The molecule has 58 valence electrons. The first-order valence-corrected chi connectivity index (χ1v) is 3.00. The monoisotopic (exact) mass is 152 g/mol. The Kier molecular flexibility index (Phi) is 1.96. The fourth-order valence-corrected chi connectivity index (χ4v) is 0.534. The van der Waals surface area contributed by atoms with Gasteiger partial charge in [-0.2, -0.15) is 4.73 Å². The highest BCUT2D eigenvalue weighted by molar-refractivity contribution is 5.86. The minimum absolute atomic E-state index is 0.112. The Morgan fingerprint density at radius 3 is 2.45 bits per heavy atom. The molecule has 0 aliphatic carbocycles. The second-order valence-electron chi connectivity index (χ2n) is 1.95. The number of aromatic nitrogens is 1. The molecule has 0 atom stereocenters. The molecule has 4 heteroatoms. The molecule has 0 aromatic carbocycles. The lowest BCUT2D eigenvalue weighted by molar-refractivity contribution is -0.139. The zero-order valence-corrected chi connectivity index (χ0v) is 5.86. The molecule has 0 aliphatic rings. The Balaban J connectivity index is 2.57. The van der Waals surface area contributed by atoms with E-state index in [9.17, 15) is 4.79 Å². The van der Waals surface area contributed by atoms with Gasteiger partial charge in [-0.05, 0) is 12.1 Å². The summed E-state index contributed by atoms with van der Waals surface area (Å²) in [6.45, 7) is 3.23. The van der Waals surface area contributed by atoms with E-state index in [2.05, 4.69) is 11.4 Å². The average molecular weight is 152 g/mol. The van der Waals surface area contributed by atoms with Crippen LogP contribution in [-0.4, -0.2) is 10.7 Å². The maximum atomic E-state index is 10.7. The number of hydrogen-bond donors (Lipinski definition) is 1. The number of carbonyl (C=O) groups is 1. The minimum Gasteiger partial charge on any atom is -0.393 e. The first-order chi connectivity index (χ1) is 5.20. The Morgan fingerprint density at radius 1 is 1.45 bits per heavy atom. The predicted octanol–water partition coefficient (Wildman–Crippen LogP) is -0.0843. The summed E-state index contributed by atoms with van der Waals surface area (Å²) in [4.78, 5) is 15.4. The van der Waals surface area contributed by atoms with E-state index in [1.807, 2.05) is 0 Å². The van der Waals surface area contributed by atoms with Crippen LogP contribution in [0.4, 0.5) is 0 Å². The molecular formula is C7H8N2O2. The van der Waals surface area contributed by atoms with Gasteiger partial charge in [-0.1, -0.05) is 6.58 Å². The van der Waals surface area contributed by atoms with Gasteiger partial charge in [0, 0.05) is 12.4 Å². The van der Waals surface area contributed by atoms with Crippen molar-refractivity contribution in [3.63, 3.8) is 0 Å². The molecule has 2 N–H and O–H groups in total. The van der Waals surface area contributed by atoms with Crippen molar-refractivity contribution in [2.24, 2.45) is 5.73 Å². The Hall–Kier alpha value is -1.71. The third-order valence-electron chi connectivity index (χ3n) is 1.03. The summed E-state index contributed by atoms with van der Waals surface area (Å²) >= 11 is 0. The third-order valence-corrected chi connectivity index (χ3v) is 1.03. The van der Waals surface area contributed by atoms with E-state index in [1.165, 1.54) is 4.73 Å². The summed E-state index contributed by atoms with van der Waals surface area (Å²) < 4.78 is 1.25. The largest absolute Gasteiger partial charge is 0.393 e. The van der Waals surface area contributed by atoms with E-state index in [0.29, 0.717) is 0 Å². The topological polar surface area (TPSA) is 57.3 Å². The maximum Gasteiger partial charge on any atom is 0.378 e. The number of nitrogens with zero attached hydrogens (tertiary/aromatic N) is 1. The maximum absolute atomic E-state index is 10.7. The van der Waals surface area contributed by atoms with Crippen molar-refractivity contribution in [1.82, 2.24) is 4.73 Å². The first-order valence-electron chi connectivity index (χ1n) is 3.00. The zero-order chi connectivity index (χ0) is 8.27. The van der Waals surface area contributed by atoms with Crippen LogP contribution in [0.25, 0.3) is 0 Å². The molecule has 11 heavy (non-hydrogen) atoms. The van der Waals surface area contributed by atoms with Gasteiger partial charge in [-0.3, -0.25) is 0 Å². The van der Waals surface area contributed by atoms with E-state index in [1.54, 1.807) is 24.5 Å². The van der Waals surface area contributed by atoms with Crippen LogP contribution >= 0.6 is 0 Å². The highest BCUT2D eigenvalue weighted by atomic mass is 16.7. The number of nitrogens with two attached hydrogens (primary N) is 1. The van der Waals surface area contributed by atoms with Crippen LogP contribution in [0.1, 0.15) is 0 Å². The molecule has 0 saturated carbocycles. The van der Waals surface area contributed by atoms with Crippen molar-refractivity contribution < 1.29 is 9.63 Å². The molecule has 1 heterocycles.